The Morgan fingerprint density at radius 3 is 2.28 bits per heavy atom. The molecule has 0 bridgehead atoms. The first-order chi connectivity index (χ1) is 8.71. The summed E-state index contributed by atoms with van der Waals surface area (Å²) in [6.45, 7) is 6.20. The Morgan fingerprint density at radius 1 is 1.22 bits per heavy atom. The molecule has 2 rings (SSSR count). The predicted octanol–water partition coefficient (Wildman–Crippen LogP) is 4.06. The average Bonchev–Trinajstić information content (AvgIpc) is 2.78. The summed E-state index contributed by atoms with van der Waals surface area (Å²) < 4.78 is 0. The molecule has 1 aromatic heterocycles. The molecule has 0 amide bonds. The van der Waals surface area contributed by atoms with Crippen LogP contribution in [-0.2, 0) is 12.8 Å². The number of aryl methyl sites for hydroxylation is 3. The van der Waals surface area contributed by atoms with Crippen LogP contribution in [-0.4, -0.2) is 11.3 Å². The van der Waals surface area contributed by atoms with Crippen LogP contribution in [0.25, 0.3) is 10.6 Å². The van der Waals surface area contributed by atoms with Gasteiger partial charge in [0, 0.05) is 5.56 Å². The summed E-state index contributed by atoms with van der Waals surface area (Å²) in [6.07, 6.45) is 2.87. The van der Waals surface area contributed by atoms with E-state index in [-0.39, 0.29) is 0 Å². The Bertz CT molecular complexity index is 550. The number of aldehydes is 1. The van der Waals surface area contributed by atoms with E-state index in [9.17, 15) is 4.79 Å². The molecule has 0 fully saturated rings. The van der Waals surface area contributed by atoms with Crippen molar-refractivity contribution in [1.29, 1.82) is 0 Å². The maximum atomic E-state index is 11.0. The van der Waals surface area contributed by atoms with Gasteiger partial charge < -0.3 is 0 Å². The number of nitrogens with zero attached hydrogens (tertiary/aromatic N) is 1. The first-order valence-corrected chi connectivity index (χ1v) is 7.06. The highest BCUT2D eigenvalue weighted by Crippen LogP contribution is 2.33. The lowest BCUT2D eigenvalue weighted by molar-refractivity contribution is 0.112. The Morgan fingerprint density at radius 2 is 1.83 bits per heavy atom. The van der Waals surface area contributed by atoms with Gasteiger partial charge >= 0.3 is 0 Å². The number of hydrogen-bond donors (Lipinski definition) is 0. The lowest BCUT2D eigenvalue weighted by Crippen LogP contribution is -1.93. The van der Waals surface area contributed by atoms with Crippen molar-refractivity contribution in [3.8, 4) is 10.6 Å². The monoisotopic (exact) mass is 259 g/mol. The molecule has 0 unspecified atom stereocenters. The van der Waals surface area contributed by atoms with E-state index in [1.807, 2.05) is 6.92 Å². The van der Waals surface area contributed by atoms with Crippen molar-refractivity contribution in [2.45, 2.75) is 33.6 Å². The molecule has 1 heterocycles. The van der Waals surface area contributed by atoms with Crippen LogP contribution < -0.4 is 0 Å². The van der Waals surface area contributed by atoms with Crippen LogP contribution >= 0.6 is 11.3 Å². The van der Waals surface area contributed by atoms with Gasteiger partial charge in [-0.25, -0.2) is 4.98 Å². The Balaban J connectivity index is 2.64. The Kier molecular flexibility index (Phi) is 3.92. The molecule has 0 saturated carbocycles. The third-order valence-electron chi connectivity index (χ3n) is 3.15. The van der Waals surface area contributed by atoms with E-state index in [0.717, 1.165) is 34.7 Å². The van der Waals surface area contributed by atoms with E-state index in [1.165, 1.54) is 28.0 Å². The number of benzene rings is 1. The third-order valence-corrected chi connectivity index (χ3v) is 4.25. The molecule has 3 heteroatoms. The van der Waals surface area contributed by atoms with Gasteiger partial charge in [-0.05, 0) is 30.9 Å². The number of thiazole rings is 1. The van der Waals surface area contributed by atoms with Crippen LogP contribution in [0.5, 0.6) is 0 Å². The minimum Gasteiger partial charge on any atom is -0.297 e. The van der Waals surface area contributed by atoms with Gasteiger partial charge in [0.1, 0.15) is 5.01 Å². The molecule has 18 heavy (non-hydrogen) atoms. The molecule has 0 saturated heterocycles. The maximum Gasteiger partial charge on any atom is 0.161 e. The largest absolute Gasteiger partial charge is 0.297 e. The SMILES string of the molecule is CCc1cccc(CC)c1-c1nc(C)c(C=O)s1. The molecule has 0 N–H and O–H groups in total. The van der Waals surface area contributed by atoms with E-state index in [4.69, 9.17) is 0 Å². The third kappa shape index (κ3) is 2.23. The zero-order valence-corrected chi connectivity index (χ0v) is 11.8. The first kappa shape index (κ1) is 13.0. The summed E-state index contributed by atoms with van der Waals surface area (Å²) in [5, 5.41) is 0.976. The second-order valence-corrected chi connectivity index (χ2v) is 5.28. The van der Waals surface area contributed by atoms with E-state index in [2.05, 4.69) is 37.0 Å². The van der Waals surface area contributed by atoms with Crippen molar-refractivity contribution in [1.82, 2.24) is 4.98 Å². The van der Waals surface area contributed by atoms with E-state index in [0.29, 0.717) is 0 Å². The van der Waals surface area contributed by atoms with Crippen LogP contribution in [0.4, 0.5) is 0 Å². The van der Waals surface area contributed by atoms with Gasteiger partial charge in [0.05, 0.1) is 10.6 Å². The molecule has 2 aromatic rings. The topological polar surface area (TPSA) is 30.0 Å². The van der Waals surface area contributed by atoms with Crippen molar-refractivity contribution in [2.75, 3.05) is 0 Å². The number of carbonyl (C=O) groups excluding carboxylic acids is 1. The summed E-state index contributed by atoms with van der Waals surface area (Å²) >= 11 is 1.49. The van der Waals surface area contributed by atoms with Crippen LogP contribution in [0.1, 0.15) is 40.3 Å². The molecular weight excluding hydrogens is 242 g/mol. The fourth-order valence-corrected chi connectivity index (χ4v) is 3.14. The summed E-state index contributed by atoms with van der Waals surface area (Å²) in [6, 6.07) is 6.39. The summed E-state index contributed by atoms with van der Waals surface area (Å²) in [4.78, 5) is 16.2. The lowest BCUT2D eigenvalue weighted by atomic mass is 9.98. The molecular formula is C15H17NOS. The highest BCUT2D eigenvalue weighted by Gasteiger charge is 2.14. The van der Waals surface area contributed by atoms with Gasteiger partial charge in [-0.2, -0.15) is 0 Å². The smallest absolute Gasteiger partial charge is 0.161 e. The number of hydrogen-bond acceptors (Lipinski definition) is 3. The maximum absolute atomic E-state index is 11.0. The minimum atomic E-state index is 0.734. The molecule has 1 aromatic carbocycles. The van der Waals surface area contributed by atoms with Gasteiger partial charge in [-0.1, -0.05) is 32.0 Å². The van der Waals surface area contributed by atoms with Gasteiger partial charge in [-0.3, -0.25) is 4.79 Å². The van der Waals surface area contributed by atoms with Gasteiger partial charge in [0.25, 0.3) is 0 Å². The highest BCUT2D eigenvalue weighted by atomic mass is 32.1. The fourth-order valence-electron chi connectivity index (χ4n) is 2.14. The number of carbonyl (C=O) groups is 1. The lowest BCUT2D eigenvalue weighted by Gasteiger charge is -2.10. The van der Waals surface area contributed by atoms with Crippen molar-refractivity contribution < 1.29 is 4.79 Å². The Labute approximate surface area is 112 Å². The normalized spacial score (nSPS) is 10.6. The standard InChI is InChI=1S/C15H17NOS/c1-4-11-7-6-8-12(5-2)14(11)15-16-10(3)13(9-17)18-15/h6-9H,4-5H2,1-3H3. The zero-order chi connectivity index (χ0) is 13.1. The quantitative estimate of drug-likeness (QED) is 0.775. The van der Waals surface area contributed by atoms with Gasteiger partial charge in [0.15, 0.2) is 6.29 Å². The molecule has 0 radical (unpaired) electrons. The summed E-state index contributed by atoms with van der Waals surface area (Å²) in [5.74, 6) is 0. The molecule has 0 spiro atoms. The van der Waals surface area contributed by atoms with E-state index >= 15 is 0 Å². The molecule has 0 aliphatic carbocycles. The highest BCUT2D eigenvalue weighted by molar-refractivity contribution is 7.16. The second kappa shape index (κ2) is 5.44. The van der Waals surface area contributed by atoms with Crippen molar-refractivity contribution in [2.24, 2.45) is 0 Å². The average molecular weight is 259 g/mol. The molecule has 0 aliphatic rings. The van der Waals surface area contributed by atoms with Crippen molar-refractivity contribution >= 4 is 17.6 Å². The zero-order valence-electron chi connectivity index (χ0n) is 11.0. The van der Waals surface area contributed by atoms with Gasteiger partial charge in [0.2, 0.25) is 0 Å². The molecule has 0 aliphatic heterocycles. The van der Waals surface area contributed by atoms with Crippen LogP contribution in [0.15, 0.2) is 18.2 Å². The molecule has 0 atom stereocenters. The number of rotatable bonds is 4. The minimum absolute atomic E-state index is 0.734. The number of aromatic nitrogens is 1. The second-order valence-electron chi connectivity index (χ2n) is 4.24. The summed E-state index contributed by atoms with van der Waals surface area (Å²) in [5.41, 5.74) is 4.67. The fraction of sp³-hybridized carbons (Fsp3) is 0.333. The van der Waals surface area contributed by atoms with Crippen LogP contribution in [0, 0.1) is 6.92 Å². The van der Waals surface area contributed by atoms with Crippen molar-refractivity contribution in [3.63, 3.8) is 0 Å². The van der Waals surface area contributed by atoms with Gasteiger partial charge in [-0.15, -0.1) is 11.3 Å². The van der Waals surface area contributed by atoms with Crippen LogP contribution in [0.2, 0.25) is 0 Å². The Hall–Kier alpha value is -1.48. The molecule has 94 valence electrons. The van der Waals surface area contributed by atoms with Crippen molar-refractivity contribution in [3.05, 3.63) is 39.9 Å². The van der Waals surface area contributed by atoms with E-state index < -0.39 is 0 Å². The van der Waals surface area contributed by atoms with E-state index in [1.54, 1.807) is 0 Å². The predicted molar refractivity (Wildman–Crippen MR) is 76.4 cm³/mol. The molecule has 2 nitrogen and oxygen atoms in total. The summed E-state index contributed by atoms with van der Waals surface area (Å²) in [7, 11) is 0. The van der Waals surface area contributed by atoms with Crippen LogP contribution in [0.3, 0.4) is 0 Å². The first-order valence-electron chi connectivity index (χ1n) is 6.25.